The molecule has 2 atom stereocenters. The summed E-state index contributed by atoms with van der Waals surface area (Å²) in [4.78, 5) is 2.30. The van der Waals surface area contributed by atoms with Crippen molar-refractivity contribution in [3.8, 4) is 0 Å². The molecule has 0 bridgehead atoms. The van der Waals surface area contributed by atoms with Gasteiger partial charge in [0.25, 0.3) is 0 Å². The topological polar surface area (TPSA) is 3.24 Å². The molecule has 0 aliphatic carbocycles. The summed E-state index contributed by atoms with van der Waals surface area (Å²) in [5.74, 6) is 0.711. The van der Waals surface area contributed by atoms with Gasteiger partial charge in [0.05, 0.1) is 0 Å². The van der Waals surface area contributed by atoms with Crippen LogP contribution in [0.4, 0.5) is 4.39 Å². The van der Waals surface area contributed by atoms with Crippen molar-refractivity contribution in [3.05, 3.63) is 0 Å². The molecular formula is C12H24FN. The maximum absolute atomic E-state index is 12.3. The molecule has 1 nitrogen and oxygen atoms in total. The van der Waals surface area contributed by atoms with Gasteiger partial charge in [-0.25, -0.2) is 4.39 Å². The molecule has 1 aliphatic rings. The minimum absolute atomic E-state index is 0.207. The molecule has 0 saturated carbocycles. The van der Waals surface area contributed by atoms with Crippen LogP contribution < -0.4 is 0 Å². The molecule has 14 heavy (non-hydrogen) atoms. The van der Waals surface area contributed by atoms with Crippen molar-refractivity contribution >= 4 is 0 Å². The van der Waals surface area contributed by atoms with Crippen molar-refractivity contribution in [3.63, 3.8) is 0 Å². The SMILES string of the molecule is C[C@@H]1C(C(C)(C)C)CCCN1CCF. The molecule has 1 rings (SSSR count). The van der Waals surface area contributed by atoms with Crippen LogP contribution in [0.2, 0.25) is 0 Å². The van der Waals surface area contributed by atoms with Gasteiger partial charge >= 0.3 is 0 Å². The van der Waals surface area contributed by atoms with Crippen LogP contribution in [0, 0.1) is 11.3 Å². The van der Waals surface area contributed by atoms with Gasteiger partial charge in [0.15, 0.2) is 0 Å². The summed E-state index contributed by atoms with van der Waals surface area (Å²) < 4.78 is 12.3. The van der Waals surface area contributed by atoms with E-state index >= 15 is 0 Å². The van der Waals surface area contributed by atoms with Gasteiger partial charge in [-0.3, -0.25) is 4.90 Å². The Morgan fingerprint density at radius 1 is 1.36 bits per heavy atom. The second-order valence-electron chi connectivity index (χ2n) is 5.58. The molecule has 1 aliphatic heterocycles. The third-order valence-electron chi connectivity index (χ3n) is 3.60. The second kappa shape index (κ2) is 4.61. The van der Waals surface area contributed by atoms with E-state index in [1.807, 2.05) is 0 Å². The Labute approximate surface area is 87.7 Å². The van der Waals surface area contributed by atoms with E-state index in [0.717, 1.165) is 6.54 Å². The first-order valence-corrected chi connectivity index (χ1v) is 5.77. The van der Waals surface area contributed by atoms with E-state index in [4.69, 9.17) is 0 Å². The molecule has 0 amide bonds. The number of rotatable bonds is 2. The molecule has 1 saturated heterocycles. The highest BCUT2D eigenvalue weighted by molar-refractivity contribution is 4.87. The van der Waals surface area contributed by atoms with Gasteiger partial charge < -0.3 is 0 Å². The Hall–Kier alpha value is -0.110. The number of likely N-dealkylation sites (tertiary alicyclic amines) is 1. The van der Waals surface area contributed by atoms with E-state index in [0.29, 0.717) is 23.9 Å². The predicted molar refractivity (Wildman–Crippen MR) is 59.2 cm³/mol. The Morgan fingerprint density at radius 3 is 2.50 bits per heavy atom. The van der Waals surface area contributed by atoms with Crippen LogP contribution >= 0.6 is 0 Å². The summed E-state index contributed by atoms with van der Waals surface area (Å²) in [5.41, 5.74) is 0.356. The van der Waals surface area contributed by atoms with E-state index in [-0.39, 0.29) is 6.67 Å². The average molecular weight is 201 g/mol. The summed E-state index contributed by atoms with van der Waals surface area (Å²) in [6, 6.07) is 0.541. The zero-order chi connectivity index (χ0) is 10.8. The lowest BCUT2D eigenvalue weighted by Gasteiger charge is -2.45. The van der Waals surface area contributed by atoms with Gasteiger partial charge in [0, 0.05) is 12.6 Å². The molecule has 0 N–H and O–H groups in total. The first-order chi connectivity index (χ1) is 6.46. The third kappa shape index (κ3) is 2.69. The zero-order valence-corrected chi connectivity index (χ0v) is 10.0. The van der Waals surface area contributed by atoms with Crippen LogP contribution in [-0.2, 0) is 0 Å². The Morgan fingerprint density at radius 2 is 2.00 bits per heavy atom. The van der Waals surface area contributed by atoms with Crippen LogP contribution in [0.25, 0.3) is 0 Å². The number of piperidine rings is 1. The summed E-state index contributed by atoms with van der Waals surface area (Å²) in [6.45, 7) is 10.6. The summed E-state index contributed by atoms with van der Waals surface area (Å²) in [6.07, 6.45) is 2.53. The molecule has 0 aromatic carbocycles. The van der Waals surface area contributed by atoms with Crippen LogP contribution in [-0.4, -0.2) is 30.7 Å². The van der Waals surface area contributed by atoms with Gasteiger partial charge in [-0.05, 0) is 37.6 Å². The predicted octanol–water partition coefficient (Wildman–Crippen LogP) is 3.10. The molecule has 0 aromatic rings. The van der Waals surface area contributed by atoms with Gasteiger partial charge in [-0.2, -0.15) is 0 Å². The fourth-order valence-corrected chi connectivity index (χ4v) is 2.79. The van der Waals surface area contributed by atoms with Gasteiger partial charge in [0.1, 0.15) is 6.67 Å². The van der Waals surface area contributed by atoms with Crippen molar-refractivity contribution in [1.82, 2.24) is 4.90 Å². The van der Waals surface area contributed by atoms with Gasteiger partial charge in [0.2, 0.25) is 0 Å². The van der Waals surface area contributed by atoms with Crippen molar-refractivity contribution < 1.29 is 4.39 Å². The highest BCUT2D eigenvalue weighted by Gasteiger charge is 2.35. The van der Waals surface area contributed by atoms with Crippen LogP contribution in [0.1, 0.15) is 40.5 Å². The van der Waals surface area contributed by atoms with Crippen molar-refractivity contribution in [2.24, 2.45) is 11.3 Å². The Kier molecular flexibility index (Phi) is 3.94. The number of halogens is 1. The highest BCUT2D eigenvalue weighted by atomic mass is 19.1. The van der Waals surface area contributed by atoms with Crippen LogP contribution in [0.15, 0.2) is 0 Å². The van der Waals surface area contributed by atoms with E-state index in [9.17, 15) is 4.39 Å². The first kappa shape index (κ1) is 12.0. The molecule has 84 valence electrons. The largest absolute Gasteiger partial charge is 0.298 e. The summed E-state index contributed by atoms with van der Waals surface area (Å²) in [5, 5.41) is 0. The number of hydrogen-bond acceptors (Lipinski definition) is 1. The molecule has 1 heterocycles. The highest BCUT2D eigenvalue weighted by Crippen LogP contribution is 2.37. The average Bonchev–Trinajstić information content (AvgIpc) is 2.07. The fourth-order valence-electron chi connectivity index (χ4n) is 2.79. The maximum atomic E-state index is 12.3. The normalized spacial score (nSPS) is 30.6. The van der Waals surface area contributed by atoms with Gasteiger partial charge in [-0.15, -0.1) is 0 Å². The fraction of sp³-hybridized carbons (Fsp3) is 1.00. The molecule has 2 heteroatoms. The van der Waals surface area contributed by atoms with Crippen LogP contribution in [0.5, 0.6) is 0 Å². The molecule has 0 aromatic heterocycles. The van der Waals surface area contributed by atoms with E-state index in [2.05, 4.69) is 32.6 Å². The zero-order valence-electron chi connectivity index (χ0n) is 10.0. The van der Waals surface area contributed by atoms with Crippen molar-refractivity contribution in [2.45, 2.75) is 46.6 Å². The number of nitrogens with zero attached hydrogens (tertiary/aromatic N) is 1. The second-order valence-corrected chi connectivity index (χ2v) is 5.58. The van der Waals surface area contributed by atoms with Crippen molar-refractivity contribution in [1.29, 1.82) is 0 Å². The lowest BCUT2D eigenvalue weighted by molar-refractivity contribution is 0.0382. The Bertz CT molecular complexity index is 172. The Balaban J connectivity index is 2.61. The van der Waals surface area contributed by atoms with Crippen LogP contribution in [0.3, 0.4) is 0 Å². The lowest BCUT2D eigenvalue weighted by atomic mass is 9.72. The molecular weight excluding hydrogens is 177 g/mol. The molecule has 1 fully saturated rings. The minimum Gasteiger partial charge on any atom is -0.298 e. The standard InChI is InChI=1S/C12H24FN/c1-10-11(12(2,3)4)6-5-8-14(10)9-7-13/h10-11H,5-9H2,1-4H3/t10-,11?/m1/s1. The summed E-state index contributed by atoms with van der Waals surface area (Å²) in [7, 11) is 0. The third-order valence-corrected chi connectivity index (χ3v) is 3.60. The minimum atomic E-state index is -0.207. The molecule has 0 radical (unpaired) electrons. The number of hydrogen-bond donors (Lipinski definition) is 0. The quantitative estimate of drug-likeness (QED) is 0.663. The first-order valence-electron chi connectivity index (χ1n) is 5.77. The molecule has 1 unspecified atom stereocenters. The smallest absolute Gasteiger partial charge is 0.102 e. The maximum Gasteiger partial charge on any atom is 0.102 e. The number of alkyl halides is 1. The lowest BCUT2D eigenvalue weighted by Crippen LogP contribution is -2.48. The van der Waals surface area contributed by atoms with Gasteiger partial charge in [-0.1, -0.05) is 20.8 Å². The van der Waals surface area contributed by atoms with E-state index < -0.39 is 0 Å². The molecule has 0 spiro atoms. The summed E-state index contributed by atoms with van der Waals surface area (Å²) >= 11 is 0. The van der Waals surface area contributed by atoms with Crippen molar-refractivity contribution in [2.75, 3.05) is 19.8 Å². The van der Waals surface area contributed by atoms with E-state index in [1.54, 1.807) is 0 Å². The monoisotopic (exact) mass is 201 g/mol. The van der Waals surface area contributed by atoms with E-state index in [1.165, 1.54) is 12.8 Å².